The Kier molecular flexibility index (Phi) is 5.17. The first kappa shape index (κ1) is 19.0. The lowest BCUT2D eigenvalue weighted by atomic mass is 9.97. The topological polar surface area (TPSA) is 78.5 Å². The maximum atomic E-state index is 12.8. The molecule has 6 nitrogen and oxygen atoms in total. The standard InChI is InChI=1S/C18H21Cl2N3O3/c1-10(13-6-5-12(19)9-14(13)20)21-15(24)11(2)23-16(25)18(22-17(23)26)7-3-4-8-18/h5-6,9-11H,3-4,7-8H2,1-2H3,(H,21,24)(H,22,26). The van der Waals surface area contributed by atoms with Gasteiger partial charge in [0.25, 0.3) is 5.91 Å². The van der Waals surface area contributed by atoms with Crippen LogP contribution in [0.2, 0.25) is 10.0 Å². The molecule has 1 aromatic carbocycles. The zero-order chi connectivity index (χ0) is 19.1. The number of imide groups is 1. The molecule has 0 bridgehead atoms. The average Bonchev–Trinajstić information content (AvgIpc) is 3.12. The summed E-state index contributed by atoms with van der Waals surface area (Å²) in [5.41, 5.74) is -0.113. The van der Waals surface area contributed by atoms with Crippen LogP contribution in [0.4, 0.5) is 4.79 Å². The van der Waals surface area contributed by atoms with Crippen LogP contribution in [0.15, 0.2) is 18.2 Å². The van der Waals surface area contributed by atoms with Crippen molar-refractivity contribution in [2.75, 3.05) is 0 Å². The fourth-order valence-electron chi connectivity index (χ4n) is 3.69. The van der Waals surface area contributed by atoms with Gasteiger partial charge in [0, 0.05) is 10.0 Å². The van der Waals surface area contributed by atoms with Gasteiger partial charge in [-0.25, -0.2) is 9.69 Å². The molecule has 1 aliphatic carbocycles. The lowest BCUT2D eigenvalue weighted by Gasteiger charge is -2.25. The van der Waals surface area contributed by atoms with Crippen LogP contribution >= 0.6 is 23.2 Å². The van der Waals surface area contributed by atoms with Crippen molar-refractivity contribution in [1.29, 1.82) is 0 Å². The number of rotatable bonds is 4. The summed E-state index contributed by atoms with van der Waals surface area (Å²) in [6.07, 6.45) is 3.04. The first-order chi connectivity index (χ1) is 12.2. The van der Waals surface area contributed by atoms with E-state index in [9.17, 15) is 14.4 Å². The maximum Gasteiger partial charge on any atom is 0.325 e. The minimum Gasteiger partial charge on any atom is -0.348 e. The van der Waals surface area contributed by atoms with Gasteiger partial charge in [-0.15, -0.1) is 0 Å². The molecule has 0 aromatic heterocycles. The summed E-state index contributed by atoms with van der Waals surface area (Å²) in [5, 5.41) is 6.55. The summed E-state index contributed by atoms with van der Waals surface area (Å²) in [4.78, 5) is 38.7. The molecule has 2 atom stereocenters. The van der Waals surface area contributed by atoms with E-state index in [0.717, 1.165) is 17.7 Å². The minimum atomic E-state index is -0.906. The van der Waals surface area contributed by atoms with Crippen LogP contribution < -0.4 is 10.6 Å². The molecule has 140 valence electrons. The Bertz CT molecular complexity index is 762. The Morgan fingerprint density at radius 1 is 1.23 bits per heavy atom. The average molecular weight is 398 g/mol. The molecular weight excluding hydrogens is 377 g/mol. The summed E-state index contributed by atoms with van der Waals surface area (Å²) in [6, 6.07) is 3.23. The van der Waals surface area contributed by atoms with Crippen LogP contribution in [-0.4, -0.2) is 34.3 Å². The maximum absolute atomic E-state index is 12.8. The number of amides is 4. The predicted molar refractivity (Wildman–Crippen MR) is 99.1 cm³/mol. The van der Waals surface area contributed by atoms with Crippen molar-refractivity contribution in [3.05, 3.63) is 33.8 Å². The predicted octanol–water partition coefficient (Wildman–Crippen LogP) is 3.42. The highest BCUT2D eigenvalue weighted by Crippen LogP contribution is 2.36. The number of nitrogens with zero attached hydrogens (tertiary/aromatic N) is 1. The molecule has 1 saturated carbocycles. The third kappa shape index (κ3) is 3.28. The van der Waals surface area contributed by atoms with Crippen molar-refractivity contribution in [3.8, 4) is 0 Å². The van der Waals surface area contributed by atoms with Crippen molar-refractivity contribution in [1.82, 2.24) is 15.5 Å². The van der Waals surface area contributed by atoms with E-state index in [0.29, 0.717) is 28.5 Å². The first-order valence-corrected chi connectivity index (χ1v) is 9.42. The van der Waals surface area contributed by atoms with Gasteiger partial charge in [-0.2, -0.15) is 0 Å². The van der Waals surface area contributed by atoms with Crippen LogP contribution in [0.3, 0.4) is 0 Å². The lowest BCUT2D eigenvalue weighted by Crippen LogP contribution is -2.50. The summed E-state index contributed by atoms with van der Waals surface area (Å²) in [5.74, 6) is -0.720. The van der Waals surface area contributed by atoms with Gasteiger partial charge in [-0.1, -0.05) is 42.1 Å². The van der Waals surface area contributed by atoms with E-state index in [1.807, 2.05) is 0 Å². The number of benzene rings is 1. The van der Waals surface area contributed by atoms with Gasteiger partial charge >= 0.3 is 6.03 Å². The fraction of sp³-hybridized carbons (Fsp3) is 0.500. The van der Waals surface area contributed by atoms with E-state index >= 15 is 0 Å². The summed E-state index contributed by atoms with van der Waals surface area (Å²) < 4.78 is 0. The van der Waals surface area contributed by atoms with Gasteiger partial charge < -0.3 is 10.6 Å². The van der Waals surface area contributed by atoms with Gasteiger partial charge in [0.05, 0.1) is 6.04 Å². The van der Waals surface area contributed by atoms with Gasteiger partial charge in [-0.05, 0) is 44.4 Å². The molecule has 2 unspecified atom stereocenters. The molecular formula is C18H21Cl2N3O3. The van der Waals surface area contributed by atoms with Gasteiger partial charge in [0.15, 0.2) is 0 Å². The molecule has 3 rings (SSSR count). The lowest BCUT2D eigenvalue weighted by molar-refractivity contribution is -0.138. The Hall–Kier alpha value is -1.79. The van der Waals surface area contributed by atoms with Crippen LogP contribution in [0.25, 0.3) is 0 Å². The molecule has 2 N–H and O–H groups in total. The molecule has 2 aliphatic rings. The second-order valence-electron chi connectivity index (χ2n) is 6.97. The number of hydrogen-bond acceptors (Lipinski definition) is 3. The minimum absolute atomic E-state index is 0.306. The quantitative estimate of drug-likeness (QED) is 0.763. The van der Waals surface area contributed by atoms with E-state index in [1.54, 1.807) is 32.0 Å². The fourth-order valence-corrected chi connectivity index (χ4v) is 4.26. The molecule has 4 amide bonds. The normalized spacial score (nSPS) is 21.0. The van der Waals surface area contributed by atoms with E-state index < -0.39 is 29.6 Å². The number of carbonyl (C=O) groups excluding carboxylic acids is 3. The highest BCUT2D eigenvalue weighted by molar-refractivity contribution is 6.35. The van der Waals surface area contributed by atoms with Crippen molar-refractivity contribution in [2.45, 2.75) is 57.2 Å². The van der Waals surface area contributed by atoms with Crippen LogP contribution in [0, 0.1) is 0 Å². The molecule has 1 heterocycles. The smallest absolute Gasteiger partial charge is 0.325 e. The Morgan fingerprint density at radius 2 is 1.88 bits per heavy atom. The van der Waals surface area contributed by atoms with Crippen molar-refractivity contribution < 1.29 is 14.4 Å². The molecule has 1 aliphatic heterocycles. The van der Waals surface area contributed by atoms with E-state index in [4.69, 9.17) is 23.2 Å². The zero-order valence-electron chi connectivity index (χ0n) is 14.6. The van der Waals surface area contributed by atoms with E-state index in [-0.39, 0.29) is 5.91 Å². The summed E-state index contributed by atoms with van der Waals surface area (Å²) in [7, 11) is 0. The van der Waals surface area contributed by atoms with Crippen molar-refractivity contribution in [3.63, 3.8) is 0 Å². The van der Waals surface area contributed by atoms with Gasteiger partial charge in [-0.3, -0.25) is 9.59 Å². The van der Waals surface area contributed by atoms with Crippen LogP contribution in [0.5, 0.6) is 0 Å². The zero-order valence-corrected chi connectivity index (χ0v) is 16.2. The number of hydrogen-bond donors (Lipinski definition) is 2. The molecule has 8 heteroatoms. The number of carbonyl (C=O) groups is 3. The molecule has 0 radical (unpaired) electrons. The van der Waals surface area contributed by atoms with Gasteiger partial charge in [0.1, 0.15) is 11.6 Å². The van der Waals surface area contributed by atoms with Crippen molar-refractivity contribution >= 4 is 41.0 Å². The Morgan fingerprint density at radius 3 is 2.50 bits per heavy atom. The molecule has 2 fully saturated rings. The molecule has 1 spiro atoms. The molecule has 1 saturated heterocycles. The molecule has 1 aromatic rings. The van der Waals surface area contributed by atoms with Gasteiger partial charge in [0.2, 0.25) is 5.91 Å². The third-order valence-electron chi connectivity index (χ3n) is 5.20. The largest absolute Gasteiger partial charge is 0.348 e. The number of urea groups is 1. The number of nitrogens with one attached hydrogen (secondary N) is 2. The Labute approximate surface area is 162 Å². The van der Waals surface area contributed by atoms with Crippen LogP contribution in [-0.2, 0) is 9.59 Å². The Balaban J connectivity index is 1.71. The van der Waals surface area contributed by atoms with E-state index in [1.165, 1.54) is 0 Å². The highest BCUT2D eigenvalue weighted by atomic mass is 35.5. The second-order valence-corrected chi connectivity index (χ2v) is 7.81. The summed E-state index contributed by atoms with van der Waals surface area (Å²) >= 11 is 12.1. The monoisotopic (exact) mass is 397 g/mol. The second kappa shape index (κ2) is 7.08. The van der Waals surface area contributed by atoms with Crippen molar-refractivity contribution in [2.24, 2.45) is 0 Å². The summed E-state index contributed by atoms with van der Waals surface area (Å²) in [6.45, 7) is 3.33. The highest BCUT2D eigenvalue weighted by Gasteiger charge is 2.54. The first-order valence-electron chi connectivity index (χ1n) is 8.66. The SMILES string of the molecule is CC(NC(=O)C(C)N1C(=O)NC2(CCCC2)C1=O)c1ccc(Cl)cc1Cl. The van der Waals surface area contributed by atoms with E-state index in [2.05, 4.69) is 10.6 Å². The third-order valence-corrected chi connectivity index (χ3v) is 5.77. The van der Waals surface area contributed by atoms with Crippen LogP contribution in [0.1, 0.15) is 51.1 Å². The number of halogens is 2. The molecule has 26 heavy (non-hydrogen) atoms.